The van der Waals surface area contributed by atoms with E-state index < -0.39 is 0 Å². The van der Waals surface area contributed by atoms with Gasteiger partial charge in [0, 0.05) is 37.9 Å². The van der Waals surface area contributed by atoms with Crippen LogP contribution in [0, 0.1) is 18.8 Å². The summed E-state index contributed by atoms with van der Waals surface area (Å²) in [5.74, 6) is 2.35. The smallest absolute Gasteiger partial charge is 0.225 e. The van der Waals surface area contributed by atoms with Gasteiger partial charge in [-0.15, -0.1) is 0 Å². The molecule has 0 atom stereocenters. The van der Waals surface area contributed by atoms with Gasteiger partial charge in [-0.2, -0.15) is 0 Å². The fourth-order valence-corrected chi connectivity index (χ4v) is 3.11. The van der Waals surface area contributed by atoms with E-state index in [2.05, 4.69) is 34.5 Å². The number of carbonyl (C=O) groups is 1. The summed E-state index contributed by atoms with van der Waals surface area (Å²) in [6.45, 7) is 9.16. The average molecular weight is 277 g/mol. The normalized spacial score (nSPS) is 16.9. The van der Waals surface area contributed by atoms with Crippen LogP contribution in [-0.2, 0) is 11.3 Å². The minimum absolute atomic E-state index is 0.224. The summed E-state index contributed by atoms with van der Waals surface area (Å²) in [6.07, 6.45) is 8.07. The van der Waals surface area contributed by atoms with Crippen molar-refractivity contribution < 1.29 is 4.79 Å². The number of imidazole rings is 1. The van der Waals surface area contributed by atoms with Gasteiger partial charge >= 0.3 is 0 Å². The van der Waals surface area contributed by atoms with E-state index in [1.54, 1.807) is 0 Å². The second kappa shape index (κ2) is 6.91. The minimum atomic E-state index is 0.224. The zero-order valence-corrected chi connectivity index (χ0v) is 13.0. The molecule has 0 aliphatic carbocycles. The second-order valence-corrected chi connectivity index (χ2v) is 5.91. The van der Waals surface area contributed by atoms with Crippen molar-refractivity contribution in [2.75, 3.05) is 13.1 Å². The van der Waals surface area contributed by atoms with Gasteiger partial charge in [-0.1, -0.05) is 13.8 Å². The number of hydrogen-bond donors (Lipinski definition) is 0. The van der Waals surface area contributed by atoms with Crippen LogP contribution in [0.4, 0.5) is 0 Å². The first-order valence-electron chi connectivity index (χ1n) is 7.92. The molecule has 1 aliphatic heterocycles. The molecule has 1 aromatic heterocycles. The Morgan fingerprint density at radius 2 is 2.00 bits per heavy atom. The summed E-state index contributed by atoms with van der Waals surface area (Å²) in [5.41, 5.74) is 0. The maximum absolute atomic E-state index is 12.3. The van der Waals surface area contributed by atoms with Crippen molar-refractivity contribution in [1.82, 2.24) is 14.5 Å². The first-order chi connectivity index (χ1) is 9.65. The average Bonchev–Trinajstić information content (AvgIpc) is 2.86. The Morgan fingerprint density at radius 3 is 2.50 bits per heavy atom. The van der Waals surface area contributed by atoms with Crippen molar-refractivity contribution >= 4 is 5.91 Å². The van der Waals surface area contributed by atoms with E-state index in [1.807, 2.05) is 13.1 Å². The topological polar surface area (TPSA) is 38.1 Å². The van der Waals surface area contributed by atoms with Gasteiger partial charge in [0.25, 0.3) is 0 Å². The predicted octanol–water partition coefficient (Wildman–Crippen LogP) is 2.87. The van der Waals surface area contributed by atoms with E-state index in [-0.39, 0.29) is 5.92 Å². The summed E-state index contributed by atoms with van der Waals surface area (Å²) in [6, 6.07) is 0. The van der Waals surface area contributed by atoms with Crippen molar-refractivity contribution in [3.05, 3.63) is 18.2 Å². The molecule has 4 nitrogen and oxygen atoms in total. The molecule has 1 aliphatic rings. The summed E-state index contributed by atoms with van der Waals surface area (Å²) >= 11 is 0. The summed E-state index contributed by atoms with van der Waals surface area (Å²) in [7, 11) is 0. The fraction of sp³-hybridized carbons (Fsp3) is 0.750. The van der Waals surface area contributed by atoms with E-state index >= 15 is 0 Å². The van der Waals surface area contributed by atoms with Gasteiger partial charge < -0.3 is 9.47 Å². The molecule has 1 aromatic rings. The lowest BCUT2D eigenvalue weighted by atomic mass is 9.94. The number of hydrogen-bond acceptors (Lipinski definition) is 2. The molecular formula is C16H27N3O. The van der Waals surface area contributed by atoms with Gasteiger partial charge in [-0.05, 0) is 38.5 Å². The van der Waals surface area contributed by atoms with Gasteiger partial charge in [0.1, 0.15) is 5.82 Å². The Balaban J connectivity index is 1.83. The standard InChI is InChI=1S/C16H27N3O/c1-4-15(5-2)16(20)18-9-6-14(7-10-18)12-19-11-8-17-13(19)3/h8,11,14-15H,4-7,9-10,12H2,1-3H3. The second-order valence-electron chi connectivity index (χ2n) is 5.91. The van der Waals surface area contributed by atoms with Gasteiger partial charge in [0.2, 0.25) is 5.91 Å². The van der Waals surface area contributed by atoms with Crippen LogP contribution in [0.1, 0.15) is 45.4 Å². The number of aryl methyl sites for hydroxylation is 1. The lowest BCUT2D eigenvalue weighted by Gasteiger charge is -2.34. The number of nitrogens with zero attached hydrogens (tertiary/aromatic N) is 3. The van der Waals surface area contributed by atoms with Crippen LogP contribution < -0.4 is 0 Å². The monoisotopic (exact) mass is 277 g/mol. The van der Waals surface area contributed by atoms with E-state index in [0.29, 0.717) is 11.8 Å². The number of amides is 1. The zero-order chi connectivity index (χ0) is 14.5. The van der Waals surface area contributed by atoms with Gasteiger partial charge in [-0.25, -0.2) is 4.98 Å². The quantitative estimate of drug-likeness (QED) is 0.830. The van der Waals surface area contributed by atoms with Crippen LogP contribution in [0.2, 0.25) is 0 Å². The highest BCUT2D eigenvalue weighted by Gasteiger charge is 2.26. The molecular weight excluding hydrogens is 250 g/mol. The molecule has 1 fully saturated rings. The first kappa shape index (κ1) is 15.1. The molecule has 0 bridgehead atoms. The third kappa shape index (κ3) is 3.41. The highest BCUT2D eigenvalue weighted by molar-refractivity contribution is 5.78. The van der Waals surface area contributed by atoms with Crippen LogP contribution >= 0.6 is 0 Å². The Labute approximate surface area is 122 Å². The third-order valence-electron chi connectivity index (χ3n) is 4.64. The molecule has 1 saturated heterocycles. The Bertz CT molecular complexity index is 429. The molecule has 2 heterocycles. The van der Waals surface area contributed by atoms with Crippen LogP contribution in [0.3, 0.4) is 0 Å². The van der Waals surface area contributed by atoms with Gasteiger partial charge in [0.05, 0.1) is 0 Å². The molecule has 0 unspecified atom stereocenters. The molecule has 0 radical (unpaired) electrons. The maximum atomic E-state index is 12.3. The van der Waals surface area contributed by atoms with Crippen molar-refractivity contribution in [3.63, 3.8) is 0 Å². The Hall–Kier alpha value is -1.32. The highest BCUT2D eigenvalue weighted by atomic mass is 16.2. The molecule has 0 aromatic carbocycles. The predicted molar refractivity (Wildman–Crippen MR) is 80.3 cm³/mol. The summed E-state index contributed by atoms with van der Waals surface area (Å²) in [5, 5.41) is 0. The van der Waals surface area contributed by atoms with E-state index in [1.165, 1.54) is 0 Å². The molecule has 1 amide bonds. The maximum Gasteiger partial charge on any atom is 0.225 e. The number of piperidine rings is 1. The Kier molecular flexibility index (Phi) is 5.21. The first-order valence-corrected chi connectivity index (χ1v) is 7.92. The van der Waals surface area contributed by atoms with Crippen molar-refractivity contribution in [2.45, 2.75) is 53.0 Å². The SMILES string of the molecule is CCC(CC)C(=O)N1CCC(Cn2ccnc2C)CC1. The minimum Gasteiger partial charge on any atom is -0.342 e. The molecule has 0 saturated carbocycles. The lowest BCUT2D eigenvalue weighted by molar-refractivity contribution is -0.137. The highest BCUT2D eigenvalue weighted by Crippen LogP contribution is 2.22. The summed E-state index contributed by atoms with van der Waals surface area (Å²) < 4.78 is 2.23. The van der Waals surface area contributed by atoms with E-state index in [9.17, 15) is 4.79 Å². The van der Waals surface area contributed by atoms with Gasteiger partial charge in [0.15, 0.2) is 0 Å². The molecule has 4 heteroatoms. The molecule has 0 spiro atoms. The van der Waals surface area contributed by atoms with Crippen LogP contribution in [0.5, 0.6) is 0 Å². The van der Waals surface area contributed by atoms with Crippen molar-refractivity contribution in [1.29, 1.82) is 0 Å². The number of likely N-dealkylation sites (tertiary alicyclic amines) is 1. The van der Waals surface area contributed by atoms with Crippen molar-refractivity contribution in [2.24, 2.45) is 11.8 Å². The van der Waals surface area contributed by atoms with Crippen LogP contribution in [-0.4, -0.2) is 33.4 Å². The zero-order valence-electron chi connectivity index (χ0n) is 13.0. The number of rotatable bonds is 5. The molecule has 0 N–H and O–H groups in total. The summed E-state index contributed by atoms with van der Waals surface area (Å²) in [4.78, 5) is 18.7. The van der Waals surface area contributed by atoms with Gasteiger partial charge in [-0.3, -0.25) is 4.79 Å². The third-order valence-corrected chi connectivity index (χ3v) is 4.64. The lowest BCUT2D eigenvalue weighted by Crippen LogP contribution is -2.42. The van der Waals surface area contributed by atoms with Crippen molar-refractivity contribution in [3.8, 4) is 0 Å². The van der Waals surface area contributed by atoms with E-state index in [0.717, 1.165) is 51.1 Å². The molecule has 2 rings (SSSR count). The van der Waals surface area contributed by atoms with E-state index in [4.69, 9.17) is 0 Å². The number of carbonyl (C=O) groups excluding carboxylic acids is 1. The van der Waals surface area contributed by atoms with Crippen LogP contribution in [0.15, 0.2) is 12.4 Å². The molecule has 112 valence electrons. The Morgan fingerprint density at radius 1 is 1.35 bits per heavy atom. The largest absolute Gasteiger partial charge is 0.342 e. The molecule has 20 heavy (non-hydrogen) atoms. The number of aromatic nitrogens is 2. The fourth-order valence-electron chi connectivity index (χ4n) is 3.11. The van der Waals surface area contributed by atoms with Crippen LogP contribution in [0.25, 0.3) is 0 Å².